The van der Waals surface area contributed by atoms with Gasteiger partial charge >= 0.3 is 0 Å². The Morgan fingerprint density at radius 2 is 2.47 bits per heavy atom. The SMILES string of the molecule is CCN1CCCC1c1cccnc1NC. The molecule has 0 aliphatic carbocycles. The van der Waals surface area contributed by atoms with Gasteiger partial charge in [0.05, 0.1) is 0 Å². The Labute approximate surface area is 91.5 Å². The predicted molar refractivity (Wildman–Crippen MR) is 63.0 cm³/mol. The third-order valence-corrected chi connectivity index (χ3v) is 3.20. The number of nitrogens with zero attached hydrogens (tertiary/aromatic N) is 2. The van der Waals surface area contributed by atoms with Gasteiger partial charge in [-0.1, -0.05) is 13.0 Å². The van der Waals surface area contributed by atoms with E-state index in [4.69, 9.17) is 0 Å². The van der Waals surface area contributed by atoms with Crippen LogP contribution in [-0.4, -0.2) is 30.0 Å². The topological polar surface area (TPSA) is 28.2 Å². The Morgan fingerprint density at radius 1 is 1.60 bits per heavy atom. The summed E-state index contributed by atoms with van der Waals surface area (Å²) >= 11 is 0. The summed E-state index contributed by atoms with van der Waals surface area (Å²) in [5.74, 6) is 1.03. The number of hydrogen-bond acceptors (Lipinski definition) is 3. The fraction of sp³-hybridized carbons (Fsp3) is 0.583. The molecule has 3 nitrogen and oxygen atoms in total. The van der Waals surface area contributed by atoms with Gasteiger partial charge in [-0.3, -0.25) is 4.90 Å². The van der Waals surface area contributed by atoms with Gasteiger partial charge in [-0.2, -0.15) is 0 Å². The van der Waals surface area contributed by atoms with Crippen molar-refractivity contribution in [2.24, 2.45) is 0 Å². The molecule has 1 atom stereocenters. The fourth-order valence-electron chi connectivity index (χ4n) is 2.45. The Hall–Kier alpha value is -1.09. The highest BCUT2D eigenvalue weighted by atomic mass is 15.2. The van der Waals surface area contributed by atoms with E-state index in [-0.39, 0.29) is 0 Å². The van der Waals surface area contributed by atoms with Gasteiger partial charge in [-0.25, -0.2) is 4.98 Å². The van der Waals surface area contributed by atoms with Crippen molar-refractivity contribution in [2.75, 3.05) is 25.5 Å². The van der Waals surface area contributed by atoms with Gasteiger partial charge in [0.25, 0.3) is 0 Å². The first kappa shape index (κ1) is 10.4. The van der Waals surface area contributed by atoms with Crippen LogP contribution in [0.2, 0.25) is 0 Å². The molecular weight excluding hydrogens is 186 g/mol. The largest absolute Gasteiger partial charge is 0.373 e. The molecule has 1 N–H and O–H groups in total. The number of aromatic nitrogens is 1. The number of likely N-dealkylation sites (tertiary alicyclic amines) is 1. The molecule has 1 saturated heterocycles. The second-order valence-electron chi connectivity index (χ2n) is 3.98. The molecule has 1 aromatic heterocycles. The number of rotatable bonds is 3. The summed E-state index contributed by atoms with van der Waals surface area (Å²) in [6.07, 6.45) is 4.41. The van der Waals surface area contributed by atoms with Crippen molar-refractivity contribution in [1.82, 2.24) is 9.88 Å². The van der Waals surface area contributed by atoms with Crippen LogP contribution in [0.1, 0.15) is 31.4 Å². The minimum absolute atomic E-state index is 0.561. The average molecular weight is 205 g/mol. The fourth-order valence-corrected chi connectivity index (χ4v) is 2.45. The molecule has 15 heavy (non-hydrogen) atoms. The van der Waals surface area contributed by atoms with E-state index in [1.54, 1.807) is 0 Å². The molecule has 0 bridgehead atoms. The highest BCUT2D eigenvalue weighted by Gasteiger charge is 2.26. The van der Waals surface area contributed by atoms with Gasteiger partial charge in [0.15, 0.2) is 0 Å². The van der Waals surface area contributed by atoms with Crippen LogP contribution < -0.4 is 5.32 Å². The standard InChI is InChI=1S/C12H19N3/c1-3-15-9-5-7-11(15)10-6-4-8-14-12(10)13-2/h4,6,8,11H,3,5,7,9H2,1-2H3,(H,13,14). The van der Waals surface area contributed by atoms with Crippen molar-refractivity contribution in [3.8, 4) is 0 Å². The van der Waals surface area contributed by atoms with Crippen LogP contribution in [0.3, 0.4) is 0 Å². The third-order valence-electron chi connectivity index (χ3n) is 3.20. The number of nitrogens with one attached hydrogen (secondary N) is 1. The Kier molecular flexibility index (Phi) is 3.21. The van der Waals surface area contributed by atoms with E-state index < -0.39 is 0 Å². The zero-order chi connectivity index (χ0) is 10.7. The first-order chi connectivity index (χ1) is 7.36. The van der Waals surface area contributed by atoms with Crippen LogP contribution in [-0.2, 0) is 0 Å². The molecule has 1 fully saturated rings. The van der Waals surface area contributed by atoms with Crippen LogP contribution in [0.5, 0.6) is 0 Å². The summed E-state index contributed by atoms with van der Waals surface area (Å²) in [6, 6.07) is 4.78. The highest BCUT2D eigenvalue weighted by molar-refractivity contribution is 5.45. The van der Waals surface area contributed by atoms with Crippen molar-refractivity contribution in [3.63, 3.8) is 0 Å². The number of pyridine rings is 1. The van der Waals surface area contributed by atoms with Crippen molar-refractivity contribution < 1.29 is 0 Å². The molecule has 1 aromatic rings. The van der Waals surface area contributed by atoms with E-state index in [9.17, 15) is 0 Å². The molecule has 82 valence electrons. The summed E-state index contributed by atoms with van der Waals surface area (Å²) in [6.45, 7) is 4.58. The third kappa shape index (κ3) is 1.97. The summed E-state index contributed by atoms with van der Waals surface area (Å²) in [5.41, 5.74) is 1.35. The molecule has 1 aliphatic rings. The van der Waals surface area contributed by atoms with E-state index in [2.05, 4.69) is 28.2 Å². The first-order valence-corrected chi connectivity index (χ1v) is 5.73. The zero-order valence-corrected chi connectivity index (χ0v) is 9.53. The van der Waals surface area contributed by atoms with E-state index in [0.717, 1.165) is 12.4 Å². The predicted octanol–water partition coefficient (Wildman–Crippen LogP) is 2.28. The minimum Gasteiger partial charge on any atom is -0.373 e. The van der Waals surface area contributed by atoms with E-state index in [0.29, 0.717) is 6.04 Å². The Balaban J connectivity index is 2.27. The molecule has 1 unspecified atom stereocenters. The number of anilines is 1. The maximum absolute atomic E-state index is 4.37. The maximum atomic E-state index is 4.37. The number of hydrogen-bond donors (Lipinski definition) is 1. The molecule has 0 radical (unpaired) electrons. The summed E-state index contributed by atoms with van der Waals surface area (Å²) < 4.78 is 0. The van der Waals surface area contributed by atoms with E-state index in [1.807, 2.05) is 19.3 Å². The quantitative estimate of drug-likeness (QED) is 0.820. The minimum atomic E-state index is 0.561. The molecule has 3 heteroatoms. The van der Waals surface area contributed by atoms with E-state index >= 15 is 0 Å². The lowest BCUT2D eigenvalue weighted by atomic mass is 10.1. The maximum Gasteiger partial charge on any atom is 0.130 e. The molecule has 0 aromatic carbocycles. The Bertz CT molecular complexity index is 324. The van der Waals surface area contributed by atoms with Gasteiger partial charge < -0.3 is 5.32 Å². The molecule has 0 spiro atoms. The molecule has 2 heterocycles. The van der Waals surface area contributed by atoms with Gasteiger partial charge in [-0.15, -0.1) is 0 Å². The molecule has 0 amide bonds. The van der Waals surface area contributed by atoms with E-state index in [1.165, 1.54) is 24.9 Å². The van der Waals surface area contributed by atoms with Gasteiger partial charge in [0.2, 0.25) is 0 Å². The van der Waals surface area contributed by atoms with Crippen LogP contribution >= 0.6 is 0 Å². The highest BCUT2D eigenvalue weighted by Crippen LogP contribution is 2.34. The van der Waals surface area contributed by atoms with Gasteiger partial charge in [0.1, 0.15) is 5.82 Å². The van der Waals surface area contributed by atoms with Gasteiger partial charge in [-0.05, 0) is 32.0 Å². The van der Waals surface area contributed by atoms with Crippen molar-refractivity contribution in [2.45, 2.75) is 25.8 Å². The molecule has 0 saturated carbocycles. The first-order valence-electron chi connectivity index (χ1n) is 5.73. The normalized spacial score (nSPS) is 21.9. The summed E-state index contributed by atoms with van der Waals surface area (Å²) in [7, 11) is 1.94. The van der Waals surface area contributed by atoms with Crippen molar-refractivity contribution >= 4 is 5.82 Å². The molecular formula is C12H19N3. The lowest BCUT2D eigenvalue weighted by Crippen LogP contribution is -2.23. The Morgan fingerprint density at radius 3 is 3.20 bits per heavy atom. The second kappa shape index (κ2) is 4.62. The average Bonchev–Trinajstić information content (AvgIpc) is 2.76. The van der Waals surface area contributed by atoms with Crippen molar-refractivity contribution in [1.29, 1.82) is 0 Å². The summed E-state index contributed by atoms with van der Waals surface area (Å²) in [4.78, 5) is 6.90. The monoisotopic (exact) mass is 205 g/mol. The lowest BCUT2D eigenvalue weighted by Gasteiger charge is -2.24. The van der Waals surface area contributed by atoms with Crippen LogP contribution in [0, 0.1) is 0 Å². The van der Waals surface area contributed by atoms with Crippen LogP contribution in [0.25, 0.3) is 0 Å². The van der Waals surface area contributed by atoms with Crippen LogP contribution in [0.15, 0.2) is 18.3 Å². The lowest BCUT2D eigenvalue weighted by molar-refractivity contribution is 0.272. The summed E-state index contributed by atoms with van der Waals surface area (Å²) in [5, 5.41) is 3.18. The second-order valence-corrected chi connectivity index (χ2v) is 3.98. The smallest absolute Gasteiger partial charge is 0.130 e. The van der Waals surface area contributed by atoms with Crippen molar-refractivity contribution in [3.05, 3.63) is 23.9 Å². The van der Waals surface area contributed by atoms with Gasteiger partial charge in [0, 0.05) is 24.8 Å². The van der Waals surface area contributed by atoms with Crippen LogP contribution in [0.4, 0.5) is 5.82 Å². The zero-order valence-electron chi connectivity index (χ0n) is 9.53. The molecule has 2 rings (SSSR count). The molecule has 1 aliphatic heterocycles.